The topological polar surface area (TPSA) is 65.4 Å². The van der Waals surface area contributed by atoms with Crippen molar-refractivity contribution in [3.63, 3.8) is 0 Å². The second-order valence-electron chi connectivity index (χ2n) is 2.24. The molecule has 1 N–H and O–H groups in total. The molecule has 2 aromatic rings. The molecule has 12 heavy (non-hydrogen) atoms. The number of H-pyrrole nitrogens is 1. The molecule has 2 rings (SSSR count). The molecule has 2 heterocycles. The van der Waals surface area contributed by atoms with Crippen LogP contribution in [0.5, 0.6) is 0 Å². The van der Waals surface area contributed by atoms with E-state index >= 15 is 0 Å². The van der Waals surface area contributed by atoms with E-state index in [1.807, 2.05) is 6.07 Å². The van der Waals surface area contributed by atoms with Crippen LogP contribution in [0, 0.1) is 11.3 Å². The fourth-order valence-electron chi connectivity index (χ4n) is 0.944. The lowest BCUT2D eigenvalue weighted by Gasteiger charge is -1.87. The zero-order valence-corrected chi connectivity index (χ0v) is 6.63. The summed E-state index contributed by atoms with van der Waals surface area (Å²) in [5.41, 5.74) is 1.00. The van der Waals surface area contributed by atoms with E-state index in [1.54, 1.807) is 6.07 Å². The summed E-state index contributed by atoms with van der Waals surface area (Å²) in [6.45, 7) is 0. The Bertz CT molecular complexity index is 468. The minimum Gasteiger partial charge on any atom is -0.266 e. The molecule has 2 aromatic heterocycles. The summed E-state index contributed by atoms with van der Waals surface area (Å²) in [5, 5.41) is 16.2. The van der Waals surface area contributed by atoms with E-state index in [0.717, 1.165) is 5.39 Å². The van der Waals surface area contributed by atoms with Gasteiger partial charge in [0, 0.05) is 5.39 Å². The molecule has 5 heteroatoms. The summed E-state index contributed by atoms with van der Waals surface area (Å²) in [5.74, 6) is 0. The highest BCUT2D eigenvalue weighted by atomic mass is 35.5. The lowest BCUT2D eigenvalue weighted by molar-refractivity contribution is 1.11. The molecule has 4 nitrogen and oxygen atoms in total. The monoisotopic (exact) mass is 178 g/mol. The van der Waals surface area contributed by atoms with Gasteiger partial charge in [-0.1, -0.05) is 11.6 Å². The van der Waals surface area contributed by atoms with E-state index < -0.39 is 0 Å². The second kappa shape index (κ2) is 2.47. The quantitative estimate of drug-likeness (QED) is 0.665. The number of rotatable bonds is 0. The fourth-order valence-corrected chi connectivity index (χ4v) is 1.14. The standard InChI is InChI=1S/C7H3ClN4/c8-7-5-1-4(2-9)10-3-6(5)11-12-7/h1,3H,(H,11,12). The first kappa shape index (κ1) is 7.07. The van der Waals surface area contributed by atoms with Crippen LogP contribution in [-0.4, -0.2) is 15.2 Å². The van der Waals surface area contributed by atoms with Crippen LogP contribution in [0.1, 0.15) is 5.69 Å². The molecule has 0 saturated heterocycles. The van der Waals surface area contributed by atoms with Crippen LogP contribution in [0.15, 0.2) is 12.3 Å². The lowest BCUT2D eigenvalue weighted by Crippen LogP contribution is -1.80. The summed E-state index contributed by atoms with van der Waals surface area (Å²) in [6.07, 6.45) is 1.51. The van der Waals surface area contributed by atoms with Crippen molar-refractivity contribution in [2.24, 2.45) is 0 Å². The number of aromatic nitrogens is 3. The van der Waals surface area contributed by atoms with Crippen molar-refractivity contribution in [3.8, 4) is 6.07 Å². The predicted molar refractivity (Wildman–Crippen MR) is 43.6 cm³/mol. The van der Waals surface area contributed by atoms with Gasteiger partial charge in [0.1, 0.15) is 22.4 Å². The number of nitrogens with zero attached hydrogens (tertiary/aromatic N) is 3. The van der Waals surface area contributed by atoms with Crippen LogP contribution in [0.25, 0.3) is 10.9 Å². The summed E-state index contributed by atoms with van der Waals surface area (Å²) >= 11 is 5.75. The number of hydrogen-bond donors (Lipinski definition) is 1. The number of nitriles is 1. The molecule has 0 aromatic carbocycles. The van der Waals surface area contributed by atoms with Crippen LogP contribution < -0.4 is 0 Å². The maximum absolute atomic E-state index is 8.54. The summed E-state index contributed by atoms with van der Waals surface area (Å²) < 4.78 is 0. The van der Waals surface area contributed by atoms with Crippen molar-refractivity contribution in [1.82, 2.24) is 15.2 Å². The van der Waals surface area contributed by atoms with Gasteiger partial charge in [0.15, 0.2) is 0 Å². The summed E-state index contributed by atoms with van der Waals surface area (Å²) in [4.78, 5) is 3.84. The van der Waals surface area contributed by atoms with Gasteiger partial charge in [-0.05, 0) is 6.07 Å². The highest BCUT2D eigenvalue weighted by Gasteiger charge is 2.03. The molecule has 0 aliphatic carbocycles. The molecule has 0 saturated carbocycles. The Hall–Kier alpha value is -1.60. The number of halogens is 1. The van der Waals surface area contributed by atoms with E-state index in [0.29, 0.717) is 16.4 Å². The van der Waals surface area contributed by atoms with E-state index in [4.69, 9.17) is 16.9 Å². The largest absolute Gasteiger partial charge is 0.266 e. The molecule has 0 spiro atoms. The van der Waals surface area contributed by atoms with Gasteiger partial charge in [-0.15, -0.1) is 0 Å². The second-order valence-corrected chi connectivity index (χ2v) is 2.61. The first-order chi connectivity index (χ1) is 5.81. The Morgan fingerprint density at radius 1 is 1.58 bits per heavy atom. The Morgan fingerprint density at radius 3 is 3.17 bits per heavy atom. The zero-order valence-electron chi connectivity index (χ0n) is 5.87. The fraction of sp³-hybridized carbons (Fsp3) is 0. The van der Waals surface area contributed by atoms with Crippen LogP contribution in [0.2, 0.25) is 5.15 Å². The zero-order chi connectivity index (χ0) is 8.55. The molecule has 58 valence electrons. The minimum absolute atomic E-state index is 0.339. The average molecular weight is 179 g/mol. The van der Waals surface area contributed by atoms with Gasteiger partial charge in [-0.2, -0.15) is 10.4 Å². The Kier molecular flexibility index (Phi) is 1.45. The van der Waals surface area contributed by atoms with Gasteiger partial charge in [0.2, 0.25) is 0 Å². The van der Waals surface area contributed by atoms with E-state index in [1.165, 1.54) is 6.20 Å². The van der Waals surface area contributed by atoms with Gasteiger partial charge in [0.25, 0.3) is 0 Å². The molecule has 0 radical (unpaired) electrons. The first-order valence-electron chi connectivity index (χ1n) is 3.21. The molecular formula is C7H3ClN4. The third-order valence-corrected chi connectivity index (χ3v) is 1.80. The van der Waals surface area contributed by atoms with Crippen LogP contribution in [-0.2, 0) is 0 Å². The molecule has 0 unspecified atom stereocenters. The van der Waals surface area contributed by atoms with Gasteiger partial charge in [-0.25, -0.2) is 4.98 Å². The first-order valence-corrected chi connectivity index (χ1v) is 3.59. The van der Waals surface area contributed by atoms with Crippen molar-refractivity contribution < 1.29 is 0 Å². The number of hydrogen-bond acceptors (Lipinski definition) is 3. The molecule has 0 atom stereocenters. The van der Waals surface area contributed by atoms with Crippen molar-refractivity contribution in [2.45, 2.75) is 0 Å². The smallest absolute Gasteiger partial charge is 0.141 e. The van der Waals surface area contributed by atoms with E-state index in [9.17, 15) is 0 Å². The summed E-state index contributed by atoms with van der Waals surface area (Å²) in [6, 6.07) is 3.52. The maximum Gasteiger partial charge on any atom is 0.141 e. The van der Waals surface area contributed by atoms with Gasteiger partial charge < -0.3 is 0 Å². The number of nitrogens with one attached hydrogen (secondary N) is 1. The van der Waals surface area contributed by atoms with Crippen LogP contribution in [0.4, 0.5) is 0 Å². The van der Waals surface area contributed by atoms with Crippen molar-refractivity contribution >= 4 is 22.5 Å². The Morgan fingerprint density at radius 2 is 2.42 bits per heavy atom. The lowest BCUT2D eigenvalue weighted by atomic mass is 10.3. The number of aromatic amines is 1. The van der Waals surface area contributed by atoms with E-state index in [-0.39, 0.29) is 0 Å². The van der Waals surface area contributed by atoms with Crippen LogP contribution >= 0.6 is 11.6 Å². The summed E-state index contributed by atoms with van der Waals surface area (Å²) in [7, 11) is 0. The normalized spacial score (nSPS) is 10.0. The average Bonchev–Trinajstić information content (AvgIpc) is 2.47. The number of pyridine rings is 1. The molecular weight excluding hydrogens is 176 g/mol. The Labute approximate surface area is 72.8 Å². The highest BCUT2D eigenvalue weighted by Crippen LogP contribution is 2.19. The third-order valence-electron chi connectivity index (χ3n) is 1.51. The van der Waals surface area contributed by atoms with Crippen LogP contribution in [0.3, 0.4) is 0 Å². The van der Waals surface area contributed by atoms with Crippen molar-refractivity contribution in [3.05, 3.63) is 23.1 Å². The van der Waals surface area contributed by atoms with Crippen molar-refractivity contribution in [1.29, 1.82) is 5.26 Å². The minimum atomic E-state index is 0.339. The predicted octanol–water partition coefficient (Wildman–Crippen LogP) is 1.48. The maximum atomic E-state index is 8.54. The Balaban J connectivity index is 2.82. The number of fused-ring (bicyclic) bond motifs is 1. The van der Waals surface area contributed by atoms with E-state index in [2.05, 4.69) is 15.2 Å². The molecule has 0 fully saturated rings. The third kappa shape index (κ3) is 0.917. The molecule has 0 aliphatic heterocycles. The van der Waals surface area contributed by atoms with Gasteiger partial charge in [-0.3, -0.25) is 5.10 Å². The SMILES string of the molecule is N#Cc1cc2c(Cl)[nH]nc2cn1. The van der Waals surface area contributed by atoms with Crippen molar-refractivity contribution in [2.75, 3.05) is 0 Å². The molecule has 0 bridgehead atoms. The van der Waals surface area contributed by atoms with Gasteiger partial charge in [0.05, 0.1) is 6.20 Å². The highest BCUT2D eigenvalue weighted by molar-refractivity contribution is 6.34. The molecule has 0 aliphatic rings. The van der Waals surface area contributed by atoms with Gasteiger partial charge >= 0.3 is 0 Å². The molecule has 0 amide bonds.